The van der Waals surface area contributed by atoms with Crippen LogP contribution >= 0.6 is 0 Å². The number of benzene rings is 1. The third-order valence-electron chi connectivity index (χ3n) is 7.39. The minimum Gasteiger partial charge on any atom is -0.449 e. The monoisotopic (exact) mass is 512 g/mol. The molecule has 9 heteroatoms. The van der Waals surface area contributed by atoms with Crippen LogP contribution in [-0.4, -0.2) is 84.4 Å². The fourth-order valence-electron chi connectivity index (χ4n) is 5.57. The predicted octanol–water partition coefficient (Wildman–Crippen LogP) is 3.08. The minimum atomic E-state index is -0.751. The molecule has 0 aromatic heterocycles. The molecule has 4 rings (SSSR count). The highest BCUT2D eigenvalue weighted by molar-refractivity contribution is 6.00. The molecule has 0 radical (unpaired) electrons. The van der Waals surface area contributed by atoms with Crippen LogP contribution in [0, 0.1) is 11.8 Å². The molecule has 3 heterocycles. The number of likely N-dealkylation sites (tertiary alicyclic amines) is 2. The van der Waals surface area contributed by atoms with Crippen molar-refractivity contribution in [1.29, 1.82) is 0 Å². The van der Waals surface area contributed by atoms with Crippen molar-refractivity contribution >= 4 is 29.4 Å². The molecule has 1 aromatic rings. The highest BCUT2D eigenvalue weighted by atomic mass is 16.6. The second-order valence-corrected chi connectivity index (χ2v) is 11.3. The van der Waals surface area contributed by atoms with E-state index in [-0.39, 0.29) is 48.6 Å². The number of amides is 3. The average molecular weight is 513 g/mol. The van der Waals surface area contributed by atoms with Crippen molar-refractivity contribution in [3.8, 4) is 0 Å². The highest BCUT2D eigenvalue weighted by Gasteiger charge is 2.52. The van der Waals surface area contributed by atoms with Gasteiger partial charge in [0, 0.05) is 30.9 Å². The van der Waals surface area contributed by atoms with Crippen LogP contribution in [0.2, 0.25) is 0 Å². The van der Waals surface area contributed by atoms with Gasteiger partial charge in [0.05, 0.1) is 19.2 Å². The molecule has 1 N–H and O–H groups in total. The van der Waals surface area contributed by atoms with Gasteiger partial charge in [-0.15, -0.1) is 0 Å². The lowest BCUT2D eigenvalue weighted by molar-refractivity contribution is -0.138. The Balaban J connectivity index is 1.43. The van der Waals surface area contributed by atoms with E-state index in [9.17, 15) is 19.2 Å². The van der Waals surface area contributed by atoms with Crippen LogP contribution in [0.3, 0.4) is 0 Å². The molecule has 3 atom stereocenters. The number of ketones is 1. The molecule has 0 spiro atoms. The Labute approximate surface area is 219 Å². The van der Waals surface area contributed by atoms with Crippen molar-refractivity contribution in [2.45, 2.75) is 71.5 Å². The molecule has 3 unspecified atom stereocenters. The molecule has 3 aliphatic heterocycles. The number of anilines is 1. The zero-order valence-corrected chi connectivity index (χ0v) is 22.4. The van der Waals surface area contributed by atoms with E-state index in [4.69, 9.17) is 4.74 Å². The number of hydrogen-bond acceptors (Lipinski definition) is 6. The number of Topliss-reactive ketones (excluding diaryl/α,β-unsaturated/α-hetero) is 1. The molecule has 3 fully saturated rings. The van der Waals surface area contributed by atoms with Gasteiger partial charge in [0.2, 0.25) is 5.91 Å². The number of nitrogens with one attached hydrogen (secondary N) is 1. The van der Waals surface area contributed by atoms with Crippen LogP contribution in [0.4, 0.5) is 10.5 Å². The van der Waals surface area contributed by atoms with Crippen LogP contribution in [0.25, 0.3) is 0 Å². The SMILES string of the molecule is CC(C)COC(=O)N1CC(=O)C2C1CCN2C(=O)C(CC(C)C)NC(=O)c1ccc(N2CCCC2)cc1. The summed E-state index contributed by atoms with van der Waals surface area (Å²) in [7, 11) is 0. The van der Waals surface area contributed by atoms with Gasteiger partial charge in [0.15, 0.2) is 5.78 Å². The first-order valence-corrected chi connectivity index (χ1v) is 13.6. The van der Waals surface area contributed by atoms with Crippen LogP contribution in [-0.2, 0) is 14.3 Å². The zero-order chi connectivity index (χ0) is 26.7. The number of fused-ring (bicyclic) bond motifs is 1. The molecule has 1 aromatic carbocycles. The largest absolute Gasteiger partial charge is 0.449 e. The Bertz CT molecular complexity index is 1000. The maximum absolute atomic E-state index is 13.7. The number of ether oxygens (including phenoxy) is 1. The highest BCUT2D eigenvalue weighted by Crippen LogP contribution is 2.31. The van der Waals surface area contributed by atoms with Gasteiger partial charge in [-0.25, -0.2) is 4.79 Å². The summed E-state index contributed by atoms with van der Waals surface area (Å²) in [6.07, 6.45) is 2.82. The lowest BCUT2D eigenvalue weighted by atomic mass is 10.0. The summed E-state index contributed by atoms with van der Waals surface area (Å²) >= 11 is 0. The summed E-state index contributed by atoms with van der Waals surface area (Å²) < 4.78 is 5.35. The van der Waals surface area contributed by atoms with E-state index in [1.165, 1.54) is 17.7 Å². The lowest BCUT2D eigenvalue weighted by Crippen LogP contribution is -2.53. The maximum atomic E-state index is 13.7. The molecule has 3 amide bonds. The summed E-state index contributed by atoms with van der Waals surface area (Å²) in [5.74, 6) is -0.388. The predicted molar refractivity (Wildman–Crippen MR) is 140 cm³/mol. The Morgan fingerprint density at radius 2 is 1.65 bits per heavy atom. The lowest BCUT2D eigenvalue weighted by Gasteiger charge is -2.29. The van der Waals surface area contributed by atoms with Gasteiger partial charge in [-0.05, 0) is 61.8 Å². The molecule has 3 saturated heterocycles. The van der Waals surface area contributed by atoms with Crippen molar-refractivity contribution in [3.63, 3.8) is 0 Å². The van der Waals surface area contributed by atoms with Crippen molar-refractivity contribution < 1.29 is 23.9 Å². The first-order valence-electron chi connectivity index (χ1n) is 13.6. The third kappa shape index (κ3) is 6.08. The number of carbonyl (C=O) groups excluding carboxylic acids is 4. The molecule has 0 saturated carbocycles. The number of carbonyl (C=O) groups is 4. The summed E-state index contributed by atoms with van der Waals surface area (Å²) in [6, 6.07) is 5.68. The number of hydrogen-bond donors (Lipinski definition) is 1. The third-order valence-corrected chi connectivity index (χ3v) is 7.39. The fourth-order valence-corrected chi connectivity index (χ4v) is 5.57. The minimum absolute atomic E-state index is 0.0549. The molecular formula is C28H40N4O5. The van der Waals surface area contributed by atoms with E-state index in [1.807, 2.05) is 39.8 Å². The normalized spacial score (nSPS) is 22.1. The van der Waals surface area contributed by atoms with Crippen LogP contribution < -0.4 is 10.2 Å². The summed E-state index contributed by atoms with van der Waals surface area (Å²) in [6.45, 7) is 10.5. The van der Waals surface area contributed by atoms with Crippen molar-refractivity contribution in [2.75, 3.05) is 37.7 Å². The fraction of sp³-hybridized carbons (Fsp3) is 0.643. The van der Waals surface area contributed by atoms with Crippen LogP contribution in [0.1, 0.15) is 63.7 Å². The maximum Gasteiger partial charge on any atom is 0.410 e. The van der Waals surface area contributed by atoms with Gasteiger partial charge in [-0.1, -0.05) is 27.7 Å². The number of rotatable bonds is 8. The smallest absolute Gasteiger partial charge is 0.410 e. The molecular weight excluding hydrogens is 472 g/mol. The van der Waals surface area contributed by atoms with Gasteiger partial charge in [0.25, 0.3) is 5.91 Å². The van der Waals surface area contributed by atoms with Gasteiger partial charge in [-0.3, -0.25) is 19.3 Å². The summed E-state index contributed by atoms with van der Waals surface area (Å²) in [4.78, 5) is 57.6. The Kier molecular flexibility index (Phi) is 8.39. The van der Waals surface area contributed by atoms with Gasteiger partial charge in [0.1, 0.15) is 12.1 Å². The standard InChI is InChI=1S/C28H40N4O5/c1-18(2)15-22(29-26(34)20-7-9-21(10-8-20)30-12-5-6-13-30)27(35)31-14-11-23-25(31)24(33)16-32(23)28(36)37-17-19(3)4/h7-10,18-19,22-23,25H,5-6,11-17H2,1-4H3,(H,29,34). The molecule has 3 aliphatic rings. The molecule has 0 aliphatic carbocycles. The molecule has 0 bridgehead atoms. The van der Waals surface area contributed by atoms with E-state index in [0.29, 0.717) is 24.9 Å². The Hall–Kier alpha value is -3.10. The van der Waals surface area contributed by atoms with Crippen molar-refractivity contribution in [1.82, 2.24) is 15.1 Å². The topological polar surface area (TPSA) is 99.3 Å². The van der Waals surface area contributed by atoms with E-state index >= 15 is 0 Å². The van der Waals surface area contributed by atoms with E-state index < -0.39 is 18.2 Å². The molecule has 37 heavy (non-hydrogen) atoms. The van der Waals surface area contributed by atoms with Gasteiger partial charge >= 0.3 is 6.09 Å². The summed E-state index contributed by atoms with van der Waals surface area (Å²) in [5, 5.41) is 2.93. The quantitative estimate of drug-likeness (QED) is 0.575. The average Bonchev–Trinajstić information content (AvgIpc) is 3.60. The van der Waals surface area contributed by atoms with Crippen molar-refractivity contribution in [3.05, 3.63) is 29.8 Å². The molecule has 202 valence electrons. The Morgan fingerprint density at radius 1 is 0.973 bits per heavy atom. The molecule has 9 nitrogen and oxygen atoms in total. The second-order valence-electron chi connectivity index (χ2n) is 11.3. The Morgan fingerprint density at radius 3 is 2.27 bits per heavy atom. The second kappa shape index (κ2) is 11.5. The first kappa shape index (κ1) is 26.9. The van der Waals surface area contributed by atoms with E-state index in [0.717, 1.165) is 18.8 Å². The summed E-state index contributed by atoms with van der Waals surface area (Å²) in [5.41, 5.74) is 1.60. The van der Waals surface area contributed by atoms with E-state index in [1.54, 1.807) is 17.0 Å². The number of nitrogens with zero attached hydrogens (tertiary/aromatic N) is 3. The van der Waals surface area contributed by atoms with Crippen LogP contribution in [0.15, 0.2) is 24.3 Å². The first-order chi connectivity index (χ1) is 17.7. The van der Waals surface area contributed by atoms with E-state index in [2.05, 4.69) is 10.2 Å². The van der Waals surface area contributed by atoms with Gasteiger partial charge in [-0.2, -0.15) is 0 Å². The zero-order valence-electron chi connectivity index (χ0n) is 22.4. The van der Waals surface area contributed by atoms with Crippen molar-refractivity contribution in [2.24, 2.45) is 11.8 Å². The van der Waals surface area contributed by atoms with Crippen LogP contribution in [0.5, 0.6) is 0 Å². The van der Waals surface area contributed by atoms with Gasteiger partial charge < -0.3 is 19.9 Å².